The van der Waals surface area contributed by atoms with Crippen molar-refractivity contribution in [2.24, 2.45) is 12.8 Å². The van der Waals surface area contributed by atoms with Crippen LogP contribution in [0.15, 0.2) is 29.1 Å². The Morgan fingerprint density at radius 1 is 1.29 bits per heavy atom. The third kappa shape index (κ3) is 2.42. The molecule has 1 heterocycles. The van der Waals surface area contributed by atoms with Crippen LogP contribution in [-0.4, -0.2) is 9.55 Å². The highest BCUT2D eigenvalue weighted by atomic mass is 79.9. The molecular weight excluding hydrogens is 278 g/mol. The van der Waals surface area contributed by atoms with E-state index in [0.29, 0.717) is 0 Å². The predicted octanol–water partition coefficient (Wildman–Crippen LogP) is 2.85. The molecule has 0 aliphatic carbocycles. The second-order valence-electron chi connectivity index (χ2n) is 4.41. The van der Waals surface area contributed by atoms with Crippen LogP contribution in [0.1, 0.15) is 28.4 Å². The van der Waals surface area contributed by atoms with E-state index in [0.717, 1.165) is 15.7 Å². The molecule has 90 valence electrons. The first kappa shape index (κ1) is 12.3. The Hall–Kier alpha value is -1.13. The van der Waals surface area contributed by atoms with Crippen LogP contribution >= 0.6 is 15.9 Å². The molecule has 0 aliphatic rings. The Bertz CT molecular complexity index is 522. The lowest BCUT2D eigenvalue weighted by Crippen LogP contribution is -2.13. The maximum absolute atomic E-state index is 6.23. The molecule has 1 aromatic carbocycles. The zero-order valence-corrected chi connectivity index (χ0v) is 11.8. The number of rotatable bonds is 2. The zero-order chi connectivity index (χ0) is 12.6. The quantitative estimate of drug-likeness (QED) is 0.925. The molecule has 1 unspecified atom stereocenters. The highest BCUT2D eigenvalue weighted by Gasteiger charge is 2.13. The van der Waals surface area contributed by atoms with Gasteiger partial charge >= 0.3 is 0 Å². The van der Waals surface area contributed by atoms with Gasteiger partial charge in [-0.25, -0.2) is 4.98 Å². The summed E-state index contributed by atoms with van der Waals surface area (Å²) in [6, 6.07) is 4.05. The monoisotopic (exact) mass is 293 g/mol. The molecule has 0 saturated heterocycles. The van der Waals surface area contributed by atoms with Gasteiger partial charge in [-0.1, -0.05) is 28.1 Å². The fourth-order valence-electron chi connectivity index (χ4n) is 1.92. The first-order valence-electron chi connectivity index (χ1n) is 5.49. The smallest absolute Gasteiger partial charge is 0.0947 e. The van der Waals surface area contributed by atoms with Gasteiger partial charge in [-0.05, 0) is 30.5 Å². The van der Waals surface area contributed by atoms with Crippen LogP contribution in [0.4, 0.5) is 0 Å². The molecule has 0 saturated carbocycles. The van der Waals surface area contributed by atoms with E-state index in [1.54, 1.807) is 6.33 Å². The lowest BCUT2D eigenvalue weighted by Gasteiger charge is -2.13. The minimum absolute atomic E-state index is 0.165. The summed E-state index contributed by atoms with van der Waals surface area (Å²) in [5.74, 6) is 0. The van der Waals surface area contributed by atoms with Crippen molar-refractivity contribution in [1.82, 2.24) is 9.55 Å². The standard InChI is InChI=1S/C13H16BrN3/c1-8-4-10(5-9(2)12(8)14)13(15)11-6-17(3)7-16-11/h4-7,13H,15H2,1-3H3. The SMILES string of the molecule is Cc1cc(C(N)c2cn(C)cn2)cc(C)c1Br. The van der Waals surface area contributed by atoms with Crippen LogP contribution in [0.3, 0.4) is 0 Å². The van der Waals surface area contributed by atoms with Crippen LogP contribution in [0, 0.1) is 13.8 Å². The normalized spacial score (nSPS) is 12.8. The molecule has 2 aromatic rings. The van der Waals surface area contributed by atoms with Crippen LogP contribution in [-0.2, 0) is 7.05 Å². The molecule has 0 spiro atoms. The first-order chi connectivity index (χ1) is 7.99. The number of benzene rings is 1. The maximum atomic E-state index is 6.23. The van der Waals surface area contributed by atoms with E-state index >= 15 is 0 Å². The molecule has 0 amide bonds. The van der Waals surface area contributed by atoms with E-state index in [4.69, 9.17) is 5.73 Å². The third-order valence-corrected chi connectivity index (χ3v) is 4.11. The summed E-state index contributed by atoms with van der Waals surface area (Å²) in [7, 11) is 1.95. The van der Waals surface area contributed by atoms with Crippen LogP contribution in [0.25, 0.3) is 0 Å². The largest absolute Gasteiger partial charge is 0.340 e. The first-order valence-corrected chi connectivity index (χ1v) is 6.28. The highest BCUT2D eigenvalue weighted by molar-refractivity contribution is 9.10. The second kappa shape index (κ2) is 4.63. The summed E-state index contributed by atoms with van der Waals surface area (Å²) in [5, 5.41) is 0. The molecule has 1 aromatic heterocycles. The average molecular weight is 294 g/mol. The molecular formula is C13H16BrN3. The molecule has 17 heavy (non-hydrogen) atoms. The number of aryl methyl sites for hydroxylation is 3. The van der Waals surface area contributed by atoms with E-state index in [-0.39, 0.29) is 6.04 Å². The summed E-state index contributed by atoms with van der Waals surface area (Å²) in [4.78, 5) is 4.30. The van der Waals surface area contributed by atoms with Gasteiger partial charge < -0.3 is 10.3 Å². The van der Waals surface area contributed by atoms with E-state index in [9.17, 15) is 0 Å². The third-order valence-electron chi connectivity index (χ3n) is 2.86. The Labute approximate surface area is 110 Å². The molecule has 1 atom stereocenters. The average Bonchev–Trinajstić information content (AvgIpc) is 2.71. The van der Waals surface area contributed by atoms with Gasteiger partial charge in [0.15, 0.2) is 0 Å². The van der Waals surface area contributed by atoms with Gasteiger partial charge in [0.2, 0.25) is 0 Å². The number of nitrogens with zero attached hydrogens (tertiary/aromatic N) is 2. The summed E-state index contributed by atoms with van der Waals surface area (Å²) in [6.45, 7) is 4.15. The van der Waals surface area contributed by atoms with Crippen LogP contribution in [0.2, 0.25) is 0 Å². The van der Waals surface area contributed by atoms with Gasteiger partial charge in [0.25, 0.3) is 0 Å². The van der Waals surface area contributed by atoms with Crippen molar-refractivity contribution in [1.29, 1.82) is 0 Å². The van der Waals surface area contributed by atoms with Crippen molar-refractivity contribution in [3.8, 4) is 0 Å². The van der Waals surface area contributed by atoms with Gasteiger partial charge in [-0.15, -0.1) is 0 Å². The summed E-state index contributed by atoms with van der Waals surface area (Å²) < 4.78 is 3.06. The maximum Gasteiger partial charge on any atom is 0.0947 e. The number of halogens is 1. The molecule has 2 rings (SSSR count). The van der Waals surface area contributed by atoms with Gasteiger partial charge in [-0.3, -0.25) is 0 Å². The Morgan fingerprint density at radius 3 is 2.35 bits per heavy atom. The fourth-order valence-corrected chi connectivity index (χ4v) is 2.15. The van der Waals surface area contributed by atoms with Crippen LogP contribution < -0.4 is 5.73 Å². The van der Waals surface area contributed by atoms with Gasteiger partial charge in [0.05, 0.1) is 18.1 Å². The molecule has 4 heteroatoms. The number of nitrogens with two attached hydrogens (primary N) is 1. The lowest BCUT2D eigenvalue weighted by atomic mass is 10.0. The minimum atomic E-state index is -0.165. The number of imidazole rings is 1. The van der Waals surface area contributed by atoms with E-state index in [2.05, 4.69) is 46.9 Å². The molecule has 3 nitrogen and oxygen atoms in total. The lowest BCUT2D eigenvalue weighted by molar-refractivity contribution is 0.831. The number of hydrogen-bond donors (Lipinski definition) is 1. The van der Waals surface area contributed by atoms with E-state index in [1.165, 1.54) is 11.1 Å². The molecule has 0 aliphatic heterocycles. The second-order valence-corrected chi connectivity index (χ2v) is 5.20. The fraction of sp³-hybridized carbons (Fsp3) is 0.308. The summed E-state index contributed by atoms with van der Waals surface area (Å²) in [6.07, 6.45) is 3.73. The highest BCUT2D eigenvalue weighted by Crippen LogP contribution is 2.26. The molecule has 0 bridgehead atoms. The summed E-state index contributed by atoms with van der Waals surface area (Å²) >= 11 is 3.56. The topological polar surface area (TPSA) is 43.8 Å². The van der Waals surface area contributed by atoms with E-state index < -0.39 is 0 Å². The number of aromatic nitrogens is 2. The Kier molecular flexibility index (Phi) is 3.35. The zero-order valence-electron chi connectivity index (χ0n) is 10.2. The Morgan fingerprint density at radius 2 is 1.88 bits per heavy atom. The van der Waals surface area contributed by atoms with E-state index in [1.807, 2.05) is 17.8 Å². The minimum Gasteiger partial charge on any atom is -0.340 e. The summed E-state index contributed by atoms with van der Waals surface area (Å²) in [5.41, 5.74) is 10.6. The van der Waals surface area contributed by atoms with Crippen molar-refractivity contribution in [3.63, 3.8) is 0 Å². The van der Waals surface area contributed by atoms with Gasteiger partial charge in [0, 0.05) is 17.7 Å². The number of hydrogen-bond acceptors (Lipinski definition) is 2. The van der Waals surface area contributed by atoms with Crippen molar-refractivity contribution >= 4 is 15.9 Å². The van der Waals surface area contributed by atoms with Gasteiger partial charge in [-0.2, -0.15) is 0 Å². The van der Waals surface area contributed by atoms with Crippen LogP contribution in [0.5, 0.6) is 0 Å². The van der Waals surface area contributed by atoms with Crippen molar-refractivity contribution < 1.29 is 0 Å². The van der Waals surface area contributed by atoms with Crippen molar-refractivity contribution in [3.05, 3.63) is 51.5 Å². The van der Waals surface area contributed by atoms with Crippen molar-refractivity contribution in [2.75, 3.05) is 0 Å². The predicted molar refractivity (Wildman–Crippen MR) is 72.9 cm³/mol. The molecule has 0 fully saturated rings. The molecule has 0 radical (unpaired) electrons. The van der Waals surface area contributed by atoms with Gasteiger partial charge in [0.1, 0.15) is 0 Å². The molecule has 2 N–H and O–H groups in total. The van der Waals surface area contributed by atoms with Crippen molar-refractivity contribution in [2.45, 2.75) is 19.9 Å². The Balaban J connectivity index is 2.41.